The Morgan fingerprint density at radius 1 is 1.16 bits per heavy atom. The van der Waals surface area contributed by atoms with E-state index in [1.54, 1.807) is 24.3 Å². The number of halogens is 2. The van der Waals surface area contributed by atoms with E-state index in [0.29, 0.717) is 50.8 Å². The molecule has 2 aromatic carbocycles. The summed E-state index contributed by atoms with van der Waals surface area (Å²) < 4.78 is 26.3. The average Bonchev–Trinajstić information content (AvgIpc) is 2.73. The molecule has 0 radical (unpaired) electrons. The summed E-state index contributed by atoms with van der Waals surface area (Å²) in [5, 5.41) is 14.0. The van der Waals surface area contributed by atoms with Crippen LogP contribution in [0, 0.1) is 11.7 Å². The van der Waals surface area contributed by atoms with Crippen molar-refractivity contribution < 1.29 is 19.0 Å². The molecular formula is C23H28BrFN4O3. The van der Waals surface area contributed by atoms with Crippen LogP contribution in [0.5, 0.6) is 11.5 Å². The summed E-state index contributed by atoms with van der Waals surface area (Å²) in [4.78, 5) is 10.6. The molecule has 1 aromatic heterocycles. The first-order chi connectivity index (χ1) is 15.3. The highest BCUT2D eigenvalue weighted by atomic mass is 79.9. The van der Waals surface area contributed by atoms with Crippen molar-refractivity contribution in [2.75, 3.05) is 39.2 Å². The molecule has 0 bridgehead atoms. The van der Waals surface area contributed by atoms with Gasteiger partial charge in [0.05, 0.1) is 18.3 Å². The number of ether oxygens (including phenoxy) is 2. The Balaban J connectivity index is 1.79. The van der Waals surface area contributed by atoms with Crippen LogP contribution in [0.2, 0.25) is 0 Å². The maximum Gasteiger partial charge on any atom is 0.163 e. The highest BCUT2D eigenvalue weighted by Gasteiger charge is 2.15. The maximum atomic E-state index is 14.3. The van der Waals surface area contributed by atoms with Crippen LogP contribution in [0.15, 0.2) is 41.1 Å². The van der Waals surface area contributed by atoms with Gasteiger partial charge in [-0.2, -0.15) is 0 Å². The minimum atomic E-state index is -0.651. The number of likely N-dealkylation sites (N-methyl/N-ethyl adjacent to an activating group) is 1. The fourth-order valence-electron chi connectivity index (χ4n) is 3.45. The van der Waals surface area contributed by atoms with Crippen molar-refractivity contribution in [3.8, 4) is 11.5 Å². The Kier molecular flexibility index (Phi) is 8.22. The van der Waals surface area contributed by atoms with Gasteiger partial charge in [0.1, 0.15) is 30.7 Å². The molecule has 0 fully saturated rings. The van der Waals surface area contributed by atoms with Crippen molar-refractivity contribution >= 4 is 38.3 Å². The van der Waals surface area contributed by atoms with E-state index in [4.69, 9.17) is 9.47 Å². The van der Waals surface area contributed by atoms with Gasteiger partial charge in [-0.1, -0.05) is 29.8 Å². The number of nitrogens with one attached hydrogen (secondary N) is 1. The molecule has 0 aliphatic carbocycles. The van der Waals surface area contributed by atoms with Gasteiger partial charge in [-0.05, 0) is 37.2 Å². The molecule has 9 heteroatoms. The van der Waals surface area contributed by atoms with Crippen LogP contribution in [0.4, 0.5) is 15.9 Å². The molecule has 1 unspecified atom stereocenters. The maximum absolute atomic E-state index is 14.3. The number of methoxy groups -OCH3 is 1. The number of anilines is 2. The topological polar surface area (TPSA) is 79.7 Å². The van der Waals surface area contributed by atoms with Gasteiger partial charge in [0, 0.05) is 29.0 Å². The first-order valence-electron chi connectivity index (χ1n) is 10.3. The van der Waals surface area contributed by atoms with E-state index in [1.807, 2.05) is 7.05 Å². The van der Waals surface area contributed by atoms with Crippen LogP contribution in [-0.2, 0) is 0 Å². The Morgan fingerprint density at radius 2 is 1.94 bits per heavy atom. The number of benzene rings is 2. The lowest BCUT2D eigenvalue weighted by molar-refractivity contribution is 0.0722. The number of aliphatic hydroxyl groups excluding tert-OH is 1. The second kappa shape index (κ2) is 10.9. The fraction of sp³-hybridized carbons (Fsp3) is 0.391. The zero-order valence-electron chi connectivity index (χ0n) is 18.6. The van der Waals surface area contributed by atoms with E-state index in [-0.39, 0.29) is 6.61 Å². The summed E-state index contributed by atoms with van der Waals surface area (Å²) in [6.07, 6.45) is 0.745. The molecule has 2 N–H and O–H groups in total. The van der Waals surface area contributed by atoms with Crippen LogP contribution >= 0.6 is 15.9 Å². The van der Waals surface area contributed by atoms with Crippen LogP contribution in [0.3, 0.4) is 0 Å². The molecule has 32 heavy (non-hydrogen) atoms. The summed E-state index contributed by atoms with van der Waals surface area (Å²) in [6, 6.07) is 8.21. The number of aliphatic hydroxyl groups is 1. The number of hydrogen-bond donors (Lipinski definition) is 2. The standard InChI is InChI=1S/C23H28BrFN4O3/c1-14(2)10-29(3)11-16(30)12-32-22-9-20-17(8-21(22)31-4)23(27-13-26-20)28-19-6-5-15(24)7-18(19)25/h5-9,13-14,16,30H,10-12H2,1-4H3,(H,26,27,28). The predicted molar refractivity (Wildman–Crippen MR) is 127 cm³/mol. The van der Waals surface area contributed by atoms with Gasteiger partial charge in [0.2, 0.25) is 0 Å². The van der Waals surface area contributed by atoms with E-state index in [2.05, 4.69) is 50.0 Å². The monoisotopic (exact) mass is 506 g/mol. The SMILES string of the molecule is COc1cc2c(Nc3ccc(Br)cc3F)ncnc2cc1OCC(O)CN(C)CC(C)C. The smallest absolute Gasteiger partial charge is 0.163 e. The Morgan fingerprint density at radius 3 is 2.62 bits per heavy atom. The second-order valence-electron chi connectivity index (χ2n) is 8.07. The van der Waals surface area contributed by atoms with Gasteiger partial charge in [0.15, 0.2) is 11.5 Å². The van der Waals surface area contributed by atoms with Crippen molar-refractivity contribution in [1.82, 2.24) is 14.9 Å². The molecule has 0 amide bonds. The Labute approximate surface area is 195 Å². The lowest BCUT2D eigenvalue weighted by Crippen LogP contribution is -2.35. The minimum Gasteiger partial charge on any atom is -0.493 e. The third-order valence-corrected chi connectivity index (χ3v) is 5.23. The molecule has 172 valence electrons. The van der Waals surface area contributed by atoms with E-state index >= 15 is 0 Å². The molecule has 0 saturated carbocycles. The molecule has 3 aromatic rings. The van der Waals surface area contributed by atoms with Crippen molar-refractivity contribution in [3.05, 3.63) is 46.9 Å². The van der Waals surface area contributed by atoms with Gasteiger partial charge >= 0.3 is 0 Å². The molecule has 0 aliphatic heterocycles. The van der Waals surface area contributed by atoms with Crippen LogP contribution in [0.25, 0.3) is 10.9 Å². The summed E-state index contributed by atoms with van der Waals surface area (Å²) >= 11 is 3.25. The molecular weight excluding hydrogens is 479 g/mol. The molecule has 0 aliphatic rings. The average molecular weight is 507 g/mol. The van der Waals surface area contributed by atoms with E-state index in [9.17, 15) is 9.50 Å². The largest absolute Gasteiger partial charge is 0.493 e. The summed E-state index contributed by atoms with van der Waals surface area (Å²) in [7, 11) is 3.51. The highest BCUT2D eigenvalue weighted by molar-refractivity contribution is 9.10. The van der Waals surface area contributed by atoms with Crippen LogP contribution < -0.4 is 14.8 Å². The molecule has 0 spiro atoms. The highest BCUT2D eigenvalue weighted by Crippen LogP contribution is 2.35. The van der Waals surface area contributed by atoms with Crippen LogP contribution in [0.1, 0.15) is 13.8 Å². The van der Waals surface area contributed by atoms with Crippen molar-refractivity contribution in [2.45, 2.75) is 20.0 Å². The van der Waals surface area contributed by atoms with Crippen molar-refractivity contribution in [1.29, 1.82) is 0 Å². The zero-order valence-corrected chi connectivity index (χ0v) is 20.2. The summed E-state index contributed by atoms with van der Waals surface area (Å²) in [5.74, 6) is 1.48. The number of rotatable bonds is 10. The van der Waals surface area contributed by atoms with E-state index in [1.165, 1.54) is 19.5 Å². The van der Waals surface area contributed by atoms with Gasteiger partial charge in [-0.25, -0.2) is 14.4 Å². The Bertz CT molecular complexity index is 1070. The number of fused-ring (bicyclic) bond motifs is 1. The van der Waals surface area contributed by atoms with Gasteiger partial charge < -0.3 is 24.8 Å². The third kappa shape index (κ3) is 6.27. The van der Waals surface area contributed by atoms with Gasteiger partial charge in [0.25, 0.3) is 0 Å². The van der Waals surface area contributed by atoms with E-state index in [0.717, 1.165) is 6.54 Å². The van der Waals surface area contributed by atoms with Gasteiger partial charge in [-0.3, -0.25) is 0 Å². The molecule has 0 saturated heterocycles. The summed E-state index contributed by atoms with van der Waals surface area (Å²) in [5.41, 5.74) is 0.892. The summed E-state index contributed by atoms with van der Waals surface area (Å²) in [6.45, 7) is 5.78. The third-order valence-electron chi connectivity index (χ3n) is 4.74. The Hall–Kier alpha value is -2.49. The first-order valence-corrected chi connectivity index (χ1v) is 11.1. The first kappa shape index (κ1) is 24.2. The predicted octanol–water partition coefficient (Wildman–Crippen LogP) is 4.61. The normalized spacial score (nSPS) is 12.4. The van der Waals surface area contributed by atoms with E-state index < -0.39 is 11.9 Å². The van der Waals surface area contributed by atoms with Crippen LogP contribution in [-0.4, -0.2) is 59.9 Å². The fourth-order valence-corrected chi connectivity index (χ4v) is 3.78. The zero-order chi connectivity index (χ0) is 23.3. The lowest BCUT2D eigenvalue weighted by Gasteiger charge is -2.22. The number of aromatic nitrogens is 2. The molecule has 7 nitrogen and oxygen atoms in total. The minimum absolute atomic E-state index is 0.116. The molecule has 3 rings (SSSR count). The lowest BCUT2D eigenvalue weighted by atomic mass is 10.2. The van der Waals surface area contributed by atoms with Gasteiger partial charge in [-0.15, -0.1) is 0 Å². The molecule has 1 heterocycles. The number of hydrogen-bond acceptors (Lipinski definition) is 7. The second-order valence-corrected chi connectivity index (χ2v) is 8.99. The molecule has 1 atom stereocenters. The van der Waals surface area contributed by atoms with Crippen molar-refractivity contribution in [3.63, 3.8) is 0 Å². The quantitative estimate of drug-likeness (QED) is 0.415. The van der Waals surface area contributed by atoms with Crippen molar-refractivity contribution in [2.24, 2.45) is 5.92 Å². The number of nitrogens with zero attached hydrogens (tertiary/aromatic N) is 3.